The van der Waals surface area contributed by atoms with Crippen molar-refractivity contribution < 1.29 is 30.7 Å². The third kappa shape index (κ3) is 7.80. The van der Waals surface area contributed by atoms with Gasteiger partial charge in [-0.3, -0.25) is 0 Å². The van der Waals surface area contributed by atoms with Gasteiger partial charge in [-0.1, -0.05) is 114 Å². The molecule has 0 unspecified atom stereocenters. The Balaban J connectivity index is 0.000000611. The van der Waals surface area contributed by atoms with Crippen LogP contribution in [0, 0.1) is 0 Å². The number of aromatic nitrogens is 2. The van der Waals surface area contributed by atoms with Crippen LogP contribution in [0.25, 0.3) is 11.4 Å². The highest BCUT2D eigenvalue weighted by Gasteiger charge is 2.37. The third-order valence-corrected chi connectivity index (χ3v) is 8.60. The summed E-state index contributed by atoms with van der Waals surface area (Å²) in [5.74, 6) is 1.55. The van der Waals surface area contributed by atoms with Gasteiger partial charge in [0.1, 0.15) is 23.8 Å². The molecule has 222 valence electrons. The van der Waals surface area contributed by atoms with Gasteiger partial charge < -0.3 is 4.55 Å². The molecule has 0 aliphatic heterocycles. The molecular formula is C28H36Cl2F3N2O3PS. The highest BCUT2D eigenvalue weighted by atomic mass is 35.9. The molecule has 5 nitrogen and oxygen atoms in total. The lowest BCUT2D eigenvalue weighted by atomic mass is 9.92. The van der Waals surface area contributed by atoms with Crippen LogP contribution in [0.3, 0.4) is 0 Å². The Hall–Kier alpha value is -1.64. The minimum Gasteiger partial charge on any atom is -0.741 e. The lowest BCUT2D eigenvalue weighted by molar-refractivity contribution is -0.576. The maximum absolute atomic E-state index is 10.7. The molecule has 0 atom stereocenters. The van der Waals surface area contributed by atoms with Crippen LogP contribution in [0.5, 0.6) is 0 Å². The first-order valence-electron chi connectivity index (χ1n) is 12.8. The number of nitrogens with zero attached hydrogens (tertiary/aromatic N) is 2. The van der Waals surface area contributed by atoms with E-state index in [4.69, 9.17) is 35.5 Å². The normalized spacial score (nSPS) is 12.6. The highest BCUT2D eigenvalue weighted by molar-refractivity contribution is 8.08. The fraction of sp³-hybridized carbons (Fsp3) is 0.464. The Bertz CT molecular complexity index is 1290. The summed E-state index contributed by atoms with van der Waals surface area (Å²) < 4.78 is 63.4. The van der Waals surface area contributed by atoms with Crippen molar-refractivity contribution >= 4 is 44.8 Å². The highest BCUT2D eigenvalue weighted by Crippen LogP contribution is 2.46. The fourth-order valence-electron chi connectivity index (χ4n) is 4.47. The van der Waals surface area contributed by atoms with Crippen LogP contribution in [0.15, 0.2) is 48.8 Å². The van der Waals surface area contributed by atoms with Crippen LogP contribution in [-0.2, 0) is 10.1 Å². The van der Waals surface area contributed by atoms with E-state index in [0.717, 1.165) is 5.57 Å². The van der Waals surface area contributed by atoms with Gasteiger partial charge in [0.2, 0.25) is 6.63 Å². The molecule has 0 spiro atoms. The van der Waals surface area contributed by atoms with E-state index in [1.54, 1.807) is 0 Å². The van der Waals surface area contributed by atoms with Crippen LogP contribution in [-0.4, -0.2) is 23.0 Å². The second-order valence-electron chi connectivity index (χ2n) is 10.7. The van der Waals surface area contributed by atoms with Gasteiger partial charge in [-0.15, -0.1) is 0 Å². The van der Waals surface area contributed by atoms with Gasteiger partial charge in [-0.2, -0.15) is 22.3 Å². The van der Waals surface area contributed by atoms with Crippen LogP contribution in [0.2, 0.25) is 0 Å². The van der Waals surface area contributed by atoms with E-state index in [9.17, 15) is 13.2 Å². The van der Waals surface area contributed by atoms with Crippen molar-refractivity contribution in [3.8, 4) is 11.4 Å². The SMILES string of the molecule is CC(C)c1cccc(C(C)C)c1-n1cc[n+](-c2c(C(C)C)cccc2C(C)C)c1P(Cl)Cl.O=S(=O)([O-])C(F)(F)F. The van der Waals surface area contributed by atoms with Crippen molar-refractivity contribution in [1.82, 2.24) is 4.57 Å². The Morgan fingerprint density at radius 3 is 1.45 bits per heavy atom. The molecule has 1 aromatic heterocycles. The minimum atomic E-state index is -6.09. The summed E-state index contributed by atoms with van der Waals surface area (Å²) in [6, 6.07) is 13.2. The molecule has 2 aromatic carbocycles. The molecule has 12 heteroatoms. The number of hydrogen-bond acceptors (Lipinski definition) is 3. The summed E-state index contributed by atoms with van der Waals surface area (Å²) >= 11 is 13.5. The van der Waals surface area contributed by atoms with Gasteiger partial charge in [-0.05, 0) is 23.7 Å². The van der Waals surface area contributed by atoms with E-state index in [1.807, 2.05) is 0 Å². The zero-order chi connectivity index (χ0) is 30.7. The first-order valence-corrected chi connectivity index (χ1v) is 17.4. The zero-order valence-corrected chi connectivity index (χ0v) is 27.0. The number of alkyl halides is 3. The smallest absolute Gasteiger partial charge is 0.485 e. The predicted molar refractivity (Wildman–Crippen MR) is 158 cm³/mol. The molecule has 0 amide bonds. The molecule has 3 aromatic rings. The lowest BCUT2D eigenvalue weighted by Gasteiger charge is -2.20. The van der Waals surface area contributed by atoms with Gasteiger partial charge in [0.25, 0.3) is 0 Å². The first-order chi connectivity index (χ1) is 18.3. The van der Waals surface area contributed by atoms with Gasteiger partial charge in [0, 0.05) is 22.3 Å². The van der Waals surface area contributed by atoms with E-state index < -0.39 is 22.3 Å². The van der Waals surface area contributed by atoms with Gasteiger partial charge in [0.15, 0.2) is 10.1 Å². The molecular weight excluding hydrogens is 603 g/mol. The Labute approximate surface area is 246 Å². The van der Waals surface area contributed by atoms with Gasteiger partial charge >= 0.3 is 11.1 Å². The molecule has 0 aliphatic carbocycles. The average Bonchev–Trinajstić information content (AvgIpc) is 3.26. The number of halogens is 5. The molecule has 0 saturated heterocycles. The summed E-state index contributed by atoms with van der Waals surface area (Å²) in [5, 5.41) is 0. The molecule has 0 radical (unpaired) electrons. The largest absolute Gasteiger partial charge is 0.741 e. The molecule has 0 N–H and O–H groups in total. The molecule has 40 heavy (non-hydrogen) atoms. The quantitative estimate of drug-likeness (QED) is 0.112. The van der Waals surface area contributed by atoms with Crippen molar-refractivity contribution in [1.29, 1.82) is 0 Å². The summed E-state index contributed by atoms with van der Waals surface area (Å²) in [7, 11) is -6.09. The van der Waals surface area contributed by atoms with Gasteiger partial charge in [-0.25, -0.2) is 8.42 Å². The second kappa shape index (κ2) is 13.6. The summed E-state index contributed by atoms with van der Waals surface area (Å²) in [4.78, 5) is 0. The fourth-order valence-corrected chi connectivity index (χ4v) is 6.11. The summed E-state index contributed by atoms with van der Waals surface area (Å²) in [5.41, 5.74) is 2.97. The topological polar surface area (TPSA) is 66.0 Å². The van der Waals surface area contributed by atoms with E-state index in [2.05, 4.69) is 113 Å². The predicted octanol–water partition coefficient (Wildman–Crippen LogP) is 8.71. The molecule has 0 fully saturated rings. The number of rotatable bonds is 7. The van der Waals surface area contributed by atoms with E-state index >= 15 is 0 Å². The number of hydrogen-bond donors (Lipinski definition) is 0. The Kier molecular flexibility index (Phi) is 11.7. The van der Waals surface area contributed by atoms with Crippen LogP contribution >= 0.6 is 29.1 Å². The monoisotopic (exact) mass is 638 g/mol. The second-order valence-corrected chi connectivity index (χ2v) is 15.4. The van der Waals surface area contributed by atoms with Crippen LogP contribution in [0.4, 0.5) is 13.2 Å². The van der Waals surface area contributed by atoms with Crippen LogP contribution < -0.4 is 10.1 Å². The average molecular weight is 640 g/mol. The molecule has 0 saturated carbocycles. The van der Waals surface area contributed by atoms with Crippen molar-refractivity contribution in [2.75, 3.05) is 0 Å². The van der Waals surface area contributed by atoms with Crippen molar-refractivity contribution in [3.05, 3.63) is 71.0 Å². The number of benzene rings is 2. The van der Waals surface area contributed by atoms with E-state index in [1.165, 1.54) is 33.6 Å². The van der Waals surface area contributed by atoms with Crippen LogP contribution in [0.1, 0.15) is 101 Å². The Morgan fingerprint density at radius 1 is 0.800 bits per heavy atom. The summed E-state index contributed by atoms with van der Waals surface area (Å²) in [6.45, 7) is 16.6. The lowest BCUT2D eigenvalue weighted by Crippen LogP contribution is -2.46. The molecule has 3 rings (SSSR count). The standard InChI is InChI=1S/C27H36Cl2N2P.CHF3O3S/c1-17(2)21-11-9-12-22(18(3)4)25(21)30-15-16-31(27(30)32(28)29)26-23(19(5)6)13-10-14-24(26)20(7)8;2-1(3,4)8(5,6)7/h9-20H,1-8H3;(H,5,6,7)/q+1;/p-1. The maximum Gasteiger partial charge on any atom is 0.485 e. The van der Waals surface area contributed by atoms with Crippen molar-refractivity contribution in [2.24, 2.45) is 0 Å². The molecule has 1 heterocycles. The van der Waals surface area contributed by atoms with E-state index in [0.29, 0.717) is 23.7 Å². The maximum atomic E-state index is 10.7. The van der Waals surface area contributed by atoms with Crippen molar-refractivity contribution in [2.45, 2.75) is 84.6 Å². The number of imidazole rings is 1. The third-order valence-electron chi connectivity index (χ3n) is 6.40. The summed E-state index contributed by atoms with van der Waals surface area (Å²) in [6.07, 6.45) is 4.29. The van der Waals surface area contributed by atoms with Gasteiger partial charge in [0.05, 0.1) is 0 Å². The molecule has 0 aliphatic rings. The Morgan fingerprint density at radius 2 is 1.15 bits per heavy atom. The molecule has 0 bridgehead atoms. The first kappa shape index (κ1) is 34.6. The van der Waals surface area contributed by atoms with E-state index in [-0.39, 0.29) is 0 Å². The number of para-hydroxylation sites is 2. The minimum absolute atomic E-state index is 0.387. The zero-order valence-electron chi connectivity index (χ0n) is 23.8. The van der Waals surface area contributed by atoms with Crippen molar-refractivity contribution in [3.63, 3.8) is 0 Å².